The molecule has 1 nitrogen and oxygen atoms in total. The van der Waals surface area contributed by atoms with Crippen molar-refractivity contribution in [1.82, 2.24) is 0 Å². The zero-order valence-electron chi connectivity index (χ0n) is 6.92. The first-order valence-electron chi connectivity index (χ1n) is 3.70. The summed E-state index contributed by atoms with van der Waals surface area (Å²) in [5.41, 5.74) is 0. The molecule has 0 spiro atoms. The summed E-state index contributed by atoms with van der Waals surface area (Å²) < 4.78 is 6.09. The van der Waals surface area contributed by atoms with Gasteiger partial charge in [0.05, 0.1) is 6.61 Å². The van der Waals surface area contributed by atoms with Crippen LogP contribution < -0.4 is 0 Å². The molecule has 0 bridgehead atoms. The third-order valence-corrected chi connectivity index (χ3v) is 2.80. The Morgan fingerprint density at radius 1 is 1.50 bits per heavy atom. The maximum atomic E-state index is 4.96. The number of rotatable bonds is 4. The van der Waals surface area contributed by atoms with Gasteiger partial charge in [-0.15, -0.1) is 11.8 Å². The predicted molar refractivity (Wildman–Crippen MR) is 56.7 cm³/mol. The second kappa shape index (κ2) is 5.62. The van der Waals surface area contributed by atoms with Crippen molar-refractivity contribution < 1.29 is 4.74 Å². The van der Waals surface area contributed by atoms with Gasteiger partial charge < -0.3 is 4.74 Å². The first-order valence-corrected chi connectivity index (χ1v) is 5.48. The van der Waals surface area contributed by atoms with E-state index in [0.717, 1.165) is 16.8 Å². The van der Waals surface area contributed by atoms with Crippen LogP contribution in [0.5, 0.6) is 0 Å². The number of hydrogen-bond acceptors (Lipinski definition) is 2. The minimum atomic E-state index is 0.803. The first-order chi connectivity index (χ1) is 5.83. The summed E-state index contributed by atoms with van der Waals surface area (Å²) in [6.07, 6.45) is 0. The van der Waals surface area contributed by atoms with Crippen molar-refractivity contribution in [2.75, 3.05) is 19.5 Å². The van der Waals surface area contributed by atoms with Crippen molar-refractivity contribution in [3.05, 3.63) is 28.7 Å². The van der Waals surface area contributed by atoms with Crippen molar-refractivity contribution in [2.24, 2.45) is 0 Å². The minimum Gasteiger partial charge on any atom is -0.384 e. The number of methoxy groups -OCH3 is 1. The van der Waals surface area contributed by atoms with Crippen LogP contribution in [0.3, 0.4) is 0 Å². The predicted octanol–water partition coefficient (Wildman–Crippen LogP) is 3.19. The first kappa shape index (κ1) is 10.1. The lowest BCUT2D eigenvalue weighted by Crippen LogP contribution is -1.90. The Hall–Kier alpha value is 0.01000. The van der Waals surface area contributed by atoms with Gasteiger partial charge in [0, 0.05) is 22.2 Å². The van der Waals surface area contributed by atoms with E-state index in [-0.39, 0.29) is 0 Å². The van der Waals surface area contributed by atoms with Crippen molar-refractivity contribution in [1.29, 1.82) is 0 Å². The molecule has 0 radical (unpaired) electrons. The lowest BCUT2D eigenvalue weighted by atomic mass is 10.4. The van der Waals surface area contributed by atoms with Gasteiger partial charge in [0.2, 0.25) is 0 Å². The molecule has 1 aromatic carbocycles. The summed E-state index contributed by atoms with van der Waals surface area (Å²) >= 11 is 5.23. The Labute approximate surface area is 85.6 Å². The Balaban J connectivity index is 2.41. The molecule has 0 aliphatic carbocycles. The molecule has 12 heavy (non-hydrogen) atoms. The summed E-state index contributed by atoms with van der Waals surface area (Å²) in [4.78, 5) is 1.28. The number of hydrogen-bond donors (Lipinski definition) is 0. The van der Waals surface area contributed by atoms with E-state index < -0.39 is 0 Å². The maximum absolute atomic E-state index is 4.96. The minimum absolute atomic E-state index is 0.803. The highest BCUT2D eigenvalue weighted by atomic mass is 79.9. The van der Waals surface area contributed by atoms with Gasteiger partial charge in [0.25, 0.3) is 0 Å². The van der Waals surface area contributed by atoms with Gasteiger partial charge in [-0.3, -0.25) is 0 Å². The number of halogens is 1. The van der Waals surface area contributed by atoms with E-state index in [2.05, 4.69) is 28.1 Å². The fraction of sp³-hybridized carbons (Fsp3) is 0.333. The quantitative estimate of drug-likeness (QED) is 0.597. The smallest absolute Gasteiger partial charge is 0.0556 e. The van der Waals surface area contributed by atoms with E-state index in [1.807, 2.05) is 12.1 Å². The van der Waals surface area contributed by atoms with Crippen molar-refractivity contribution >= 4 is 27.7 Å². The maximum Gasteiger partial charge on any atom is 0.0556 e. The van der Waals surface area contributed by atoms with Gasteiger partial charge in [-0.25, -0.2) is 0 Å². The topological polar surface area (TPSA) is 9.23 Å². The van der Waals surface area contributed by atoms with Crippen LogP contribution >= 0.6 is 27.7 Å². The Kier molecular flexibility index (Phi) is 4.73. The van der Waals surface area contributed by atoms with E-state index in [9.17, 15) is 0 Å². The van der Waals surface area contributed by atoms with Crippen LogP contribution in [0.15, 0.2) is 33.6 Å². The Morgan fingerprint density at radius 3 is 3.00 bits per heavy atom. The number of ether oxygens (including phenoxy) is 1. The van der Waals surface area contributed by atoms with E-state index in [4.69, 9.17) is 4.74 Å². The van der Waals surface area contributed by atoms with Crippen molar-refractivity contribution in [3.8, 4) is 0 Å². The lowest BCUT2D eigenvalue weighted by Gasteiger charge is -2.00. The molecule has 0 atom stereocenters. The van der Waals surface area contributed by atoms with Crippen LogP contribution in [0.2, 0.25) is 0 Å². The SMILES string of the molecule is COCCSc1cccc(Br)c1. The molecule has 1 rings (SSSR count). The molecule has 0 amide bonds. The molecule has 0 saturated heterocycles. The van der Waals surface area contributed by atoms with Gasteiger partial charge >= 0.3 is 0 Å². The zero-order chi connectivity index (χ0) is 8.81. The second-order valence-corrected chi connectivity index (χ2v) is 4.38. The second-order valence-electron chi connectivity index (χ2n) is 2.30. The average Bonchev–Trinajstić information content (AvgIpc) is 2.05. The summed E-state index contributed by atoms with van der Waals surface area (Å²) in [5, 5.41) is 0. The van der Waals surface area contributed by atoms with Crippen LogP contribution in [-0.4, -0.2) is 19.5 Å². The third-order valence-electron chi connectivity index (χ3n) is 1.35. The highest BCUT2D eigenvalue weighted by Gasteiger charge is 1.93. The Morgan fingerprint density at radius 2 is 2.33 bits per heavy atom. The summed E-state index contributed by atoms with van der Waals surface area (Å²) in [7, 11) is 1.72. The molecule has 0 saturated carbocycles. The van der Waals surface area contributed by atoms with Crippen LogP contribution in [0, 0.1) is 0 Å². The summed E-state index contributed by atoms with van der Waals surface area (Å²) in [6, 6.07) is 8.28. The standard InChI is InChI=1S/C9H11BrOS/c1-11-5-6-12-9-4-2-3-8(10)7-9/h2-4,7H,5-6H2,1H3. The molecular formula is C9H11BrOS. The van der Waals surface area contributed by atoms with Crippen LogP contribution in [0.25, 0.3) is 0 Å². The highest BCUT2D eigenvalue weighted by Crippen LogP contribution is 2.21. The molecule has 66 valence electrons. The lowest BCUT2D eigenvalue weighted by molar-refractivity contribution is 0.218. The monoisotopic (exact) mass is 246 g/mol. The number of benzene rings is 1. The molecular weight excluding hydrogens is 236 g/mol. The molecule has 0 N–H and O–H groups in total. The fourth-order valence-corrected chi connectivity index (χ4v) is 2.22. The molecule has 0 fully saturated rings. The van der Waals surface area contributed by atoms with Crippen LogP contribution in [0.4, 0.5) is 0 Å². The van der Waals surface area contributed by atoms with Gasteiger partial charge in [-0.2, -0.15) is 0 Å². The molecule has 1 aromatic rings. The van der Waals surface area contributed by atoms with Crippen molar-refractivity contribution in [3.63, 3.8) is 0 Å². The van der Waals surface area contributed by atoms with E-state index in [1.165, 1.54) is 4.90 Å². The molecule has 0 aliphatic heterocycles. The fourth-order valence-electron chi connectivity index (χ4n) is 0.800. The molecule has 0 unspecified atom stereocenters. The van der Waals surface area contributed by atoms with Crippen LogP contribution in [0.1, 0.15) is 0 Å². The average molecular weight is 247 g/mol. The highest BCUT2D eigenvalue weighted by molar-refractivity contribution is 9.10. The number of thioether (sulfide) groups is 1. The van der Waals surface area contributed by atoms with E-state index >= 15 is 0 Å². The normalized spacial score (nSPS) is 10.2. The molecule has 0 aromatic heterocycles. The summed E-state index contributed by atoms with van der Waals surface area (Å²) in [6.45, 7) is 0.803. The van der Waals surface area contributed by atoms with Gasteiger partial charge in [-0.1, -0.05) is 22.0 Å². The van der Waals surface area contributed by atoms with E-state index in [1.54, 1.807) is 18.9 Å². The van der Waals surface area contributed by atoms with Gasteiger partial charge in [0.15, 0.2) is 0 Å². The zero-order valence-corrected chi connectivity index (χ0v) is 9.32. The third kappa shape index (κ3) is 3.61. The largest absolute Gasteiger partial charge is 0.384 e. The van der Waals surface area contributed by atoms with Crippen LogP contribution in [-0.2, 0) is 4.74 Å². The Bertz CT molecular complexity index is 240. The van der Waals surface area contributed by atoms with E-state index in [0.29, 0.717) is 0 Å². The van der Waals surface area contributed by atoms with Crippen molar-refractivity contribution in [2.45, 2.75) is 4.90 Å². The van der Waals surface area contributed by atoms with Gasteiger partial charge in [-0.05, 0) is 18.2 Å². The molecule has 0 heterocycles. The summed E-state index contributed by atoms with van der Waals surface area (Å²) in [5.74, 6) is 1.01. The molecule has 3 heteroatoms. The molecule has 0 aliphatic rings. The van der Waals surface area contributed by atoms with Gasteiger partial charge in [0.1, 0.15) is 0 Å².